The lowest BCUT2D eigenvalue weighted by Crippen LogP contribution is -2.20. The van der Waals surface area contributed by atoms with Crippen LogP contribution in [0, 0.1) is 0 Å². The summed E-state index contributed by atoms with van der Waals surface area (Å²) in [6, 6.07) is 4.14. The van der Waals surface area contributed by atoms with Gasteiger partial charge in [-0.3, -0.25) is 0 Å². The third kappa shape index (κ3) is 3.86. The molecule has 1 saturated carbocycles. The van der Waals surface area contributed by atoms with E-state index >= 15 is 0 Å². The molecule has 0 unspecified atom stereocenters. The molecule has 1 aliphatic rings. The number of benzene rings is 1. The van der Waals surface area contributed by atoms with Gasteiger partial charge in [0.2, 0.25) is 0 Å². The van der Waals surface area contributed by atoms with Crippen LogP contribution in [0.2, 0.25) is 0 Å². The Kier molecular flexibility index (Phi) is 5.52. The molecule has 1 N–H and O–H groups in total. The molecule has 0 spiro atoms. The van der Waals surface area contributed by atoms with Crippen molar-refractivity contribution in [3.05, 3.63) is 22.2 Å². The maximum atomic E-state index is 6.15. The Hall–Kier alpha value is -0.740. The van der Waals surface area contributed by atoms with E-state index in [4.69, 9.17) is 9.47 Å². The summed E-state index contributed by atoms with van der Waals surface area (Å²) in [6.45, 7) is 0.818. The lowest BCUT2D eigenvalue weighted by Gasteiger charge is -2.25. The molecule has 0 atom stereocenters. The van der Waals surface area contributed by atoms with Crippen LogP contribution in [0.5, 0.6) is 11.5 Å². The zero-order valence-corrected chi connectivity index (χ0v) is 13.3. The second kappa shape index (κ2) is 7.15. The Morgan fingerprint density at radius 1 is 1.26 bits per heavy atom. The zero-order valence-electron chi connectivity index (χ0n) is 11.7. The van der Waals surface area contributed by atoms with Crippen molar-refractivity contribution in [2.45, 2.75) is 44.8 Å². The van der Waals surface area contributed by atoms with Gasteiger partial charge >= 0.3 is 0 Å². The third-order valence-electron chi connectivity index (χ3n) is 3.51. The Labute approximate surface area is 123 Å². The normalized spacial score (nSPS) is 16.4. The lowest BCUT2D eigenvalue weighted by molar-refractivity contribution is 0.148. The van der Waals surface area contributed by atoms with Gasteiger partial charge in [-0.25, -0.2) is 0 Å². The van der Waals surface area contributed by atoms with Gasteiger partial charge in [0.25, 0.3) is 0 Å². The summed E-state index contributed by atoms with van der Waals surface area (Å²) in [5.41, 5.74) is 1.18. The maximum absolute atomic E-state index is 6.15. The van der Waals surface area contributed by atoms with E-state index in [0.29, 0.717) is 6.10 Å². The second-order valence-corrected chi connectivity index (χ2v) is 5.87. The first-order chi connectivity index (χ1) is 9.24. The first-order valence-corrected chi connectivity index (χ1v) is 7.71. The van der Waals surface area contributed by atoms with Gasteiger partial charge in [0.05, 0.1) is 17.7 Å². The number of hydrogen-bond acceptors (Lipinski definition) is 3. The van der Waals surface area contributed by atoms with Crippen LogP contribution in [0.3, 0.4) is 0 Å². The van der Waals surface area contributed by atoms with E-state index in [9.17, 15) is 0 Å². The molecule has 1 aliphatic carbocycles. The van der Waals surface area contributed by atoms with Crippen molar-refractivity contribution in [3.8, 4) is 11.5 Å². The fourth-order valence-corrected chi connectivity index (χ4v) is 3.13. The summed E-state index contributed by atoms with van der Waals surface area (Å²) in [7, 11) is 3.63. The number of nitrogens with one attached hydrogen (secondary N) is 1. The van der Waals surface area contributed by atoms with E-state index in [1.54, 1.807) is 7.11 Å². The van der Waals surface area contributed by atoms with E-state index in [1.165, 1.54) is 24.8 Å². The molecular weight excluding hydrogens is 306 g/mol. The van der Waals surface area contributed by atoms with Gasteiger partial charge in [-0.05, 0) is 66.4 Å². The highest BCUT2D eigenvalue weighted by molar-refractivity contribution is 9.10. The molecule has 0 saturated heterocycles. The number of methoxy groups -OCH3 is 1. The van der Waals surface area contributed by atoms with Crippen molar-refractivity contribution in [2.24, 2.45) is 0 Å². The van der Waals surface area contributed by atoms with E-state index < -0.39 is 0 Å². The van der Waals surface area contributed by atoms with E-state index in [0.717, 1.165) is 35.4 Å². The average molecular weight is 328 g/mol. The molecule has 0 aromatic heterocycles. The number of rotatable bonds is 5. The summed E-state index contributed by atoms with van der Waals surface area (Å²) in [5, 5.41) is 3.15. The standard InChI is InChI=1S/C15H22BrNO2/c1-17-10-11-8-13(16)15(14(9-11)18-2)19-12-6-4-3-5-7-12/h8-9,12,17H,3-7,10H2,1-2H3. The van der Waals surface area contributed by atoms with Gasteiger partial charge in [0.1, 0.15) is 0 Å². The molecule has 0 heterocycles. The molecule has 1 aromatic carbocycles. The molecule has 2 rings (SSSR count). The Morgan fingerprint density at radius 2 is 2.00 bits per heavy atom. The van der Waals surface area contributed by atoms with Crippen molar-refractivity contribution in [1.82, 2.24) is 5.32 Å². The van der Waals surface area contributed by atoms with Crippen LogP contribution in [-0.2, 0) is 6.54 Å². The van der Waals surface area contributed by atoms with Gasteiger partial charge in [-0.15, -0.1) is 0 Å². The first kappa shape index (κ1) is 14.7. The highest BCUT2D eigenvalue weighted by Crippen LogP contribution is 2.38. The summed E-state index contributed by atoms with van der Waals surface area (Å²) in [5.74, 6) is 1.65. The number of halogens is 1. The van der Waals surface area contributed by atoms with Crippen molar-refractivity contribution < 1.29 is 9.47 Å². The van der Waals surface area contributed by atoms with Gasteiger partial charge < -0.3 is 14.8 Å². The van der Waals surface area contributed by atoms with Crippen LogP contribution in [0.25, 0.3) is 0 Å². The van der Waals surface area contributed by atoms with Crippen molar-refractivity contribution in [1.29, 1.82) is 0 Å². The monoisotopic (exact) mass is 327 g/mol. The molecular formula is C15H22BrNO2. The zero-order chi connectivity index (χ0) is 13.7. The fraction of sp³-hybridized carbons (Fsp3) is 0.600. The van der Waals surface area contributed by atoms with Gasteiger partial charge in [-0.2, -0.15) is 0 Å². The Balaban J connectivity index is 2.17. The Morgan fingerprint density at radius 3 is 2.63 bits per heavy atom. The number of ether oxygens (including phenoxy) is 2. The predicted molar refractivity (Wildman–Crippen MR) is 81.0 cm³/mol. The molecule has 1 aromatic rings. The van der Waals surface area contributed by atoms with E-state index in [1.807, 2.05) is 13.1 Å². The van der Waals surface area contributed by atoms with E-state index in [2.05, 4.69) is 27.3 Å². The van der Waals surface area contributed by atoms with Gasteiger partial charge in [0, 0.05) is 6.54 Å². The number of hydrogen-bond donors (Lipinski definition) is 1. The van der Waals surface area contributed by atoms with Crippen LogP contribution < -0.4 is 14.8 Å². The molecule has 0 amide bonds. The van der Waals surface area contributed by atoms with Crippen LogP contribution >= 0.6 is 15.9 Å². The van der Waals surface area contributed by atoms with Crippen LogP contribution in [0.1, 0.15) is 37.7 Å². The van der Waals surface area contributed by atoms with E-state index in [-0.39, 0.29) is 0 Å². The molecule has 19 heavy (non-hydrogen) atoms. The lowest BCUT2D eigenvalue weighted by atomic mass is 9.98. The largest absolute Gasteiger partial charge is 0.493 e. The predicted octanol–water partition coefficient (Wildman–Crippen LogP) is 3.89. The third-order valence-corrected chi connectivity index (χ3v) is 4.10. The van der Waals surface area contributed by atoms with Gasteiger partial charge in [-0.1, -0.05) is 6.42 Å². The summed E-state index contributed by atoms with van der Waals surface area (Å²) in [6.07, 6.45) is 6.49. The van der Waals surface area contributed by atoms with Crippen LogP contribution in [0.4, 0.5) is 0 Å². The fourth-order valence-electron chi connectivity index (χ4n) is 2.54. The molecule has 0 bridgehead atoms. The van der Waals surface area contributed by atoms with Crippen LogP contribution in [0.15, 0.2) is 16.6 Å². The average Bonchev–Trinajstić information content (AvgIpc) is 2.43. The molecule has 4 heteroatoms. The van der Waals surface area contributed by atoms with Crippen molar-refractivity contribution in [3.63, 3.8) is 0 Å². The molecule has 0 radical (unpaired) electrons. The summed E-state index contributed by atoms with van der Waals surface area (Å²) >= 11 is 3.60. The molecule has 0 aliphatic heterocycles. The minimum Gasteiger partial charge on any atom is -0.493 e. The van der Waals surface area contributed by atoms with Gasteiger partial charge in [0.15, 0.2) is 11.5 Å². The topological polar surface area (TPSA) is 30.5 Å². The highest BCUT2D eigenvalue weighted by Gasteiger charge is 2.19. The molecule has 1 fully saturated rings. The smallest absolute Gasteiger partial charge is 0.175 e. The van der Waals surface area contributed by atoms with Crippen molar-refractivity contribution >= 4 is 15.9 Å². The highest BCUT2D eigenvalue weighted by atomic mass is 79.9. The summed E-state index contributed by atoms with van der Waals surface area (Å²) in [4.78, 5) is 0. The minimum atomic E-state index is 0.328. The first-order valence-electron chi connectivity index (χ1n) is 6.92. The van der Waals surface area contributed by atoms with Crippen LogP contribution in [-0.4, -0.2) is 20.3 Å². The molecule has 3 nitrogen and oxygen atoms in total. The summed E-state index contributed by atoms with van der Waals surface area (Å²) < 4.78 is 12.6. The molecule has 106 valence electrons. The second-order valence-electron chi connectivity index (χ2n) is 5.02. The Bertz CT molecular complexity index is 417. The SMILES string of the molecule is CNCc1cc(Br)c(OC2CCCCC2)c(OC)c1. The quantitative estimate of drug-likeness (QED) is 0.889. The van der Waals surface area contributed by atoms with Crippen molar-refractivity contribution in [2.75, 3.05) is 14.2 Å². The minimum absolute atomic E-state index is 0.328. The maximum Gasteiger partial charge on any atom is 0.175 e.